The Kier molecular flexibility index (Phi) is 2.06. The first-order valence-electron chi connectivity index (χ1n) is 4.98. The van der Waals surface area contributed by atoms with E-state index < -0.39 is 0 Å². The molecule has 2 fully saturated rings. The van der Waals surface area contributed by atoms with E-state index >= 15 is 0 Å². The first-order valence-corrected chi connectivity index (χ1v) is 4.98. The molecule has 2 aliphatic carbocycles. The summed E-state index contributed by atoms with van der Waals surface area (Å²) < 4.78 is 0. The molecule has 2 rings (SSSR count). The van der Waals surface area contributed by atoms with Crippen LogP contribution in [0.4, 0.5) is 0 Å². The SMILES string of the molecule is CN(/C(N)=N/N)C1CC2CCC1C2. The van der Waals surface area contributed by atoms with Crippen molar-refractivity contribution in [2.24, 2.45) is 28.5 Å². The van der Waals surface area contributed by atoms with Crippen molar-refractivity contribution in [3.05, 3.63) is 0 Å². The van der Waals surface area contributed by atoms with Crippen LogP contribution >= 0.6 is 0 Å². The molecular formula is C9H18N4. The number of hydrogen-bond donors (Lipinski definition) is 2. The minimum absolute atomic E-state index is 0.470. The molecule has 4 N–H and O–H groups in total. The summed E-state index contributed by atoms with van der Waals surface area (Å²) in [6.07, 6.45) is 5.43. The largest absolute Gasteiger partial charge is 0.368 e. The van der Waals surface area contributed by atoms with Crippen LogP contribution in [0.1, 0.15) is 25.7 Å². The van der Waals surface area contributed by atoms with Crippen molar-refractivity contribution >= 4 is 5.96 Å². The number of nitrogens with two attached hydrogens (primary N) is 2. The van der Waals surface area contributed by atoms with E-state index in [0.717, 1.165) is 11.8 Å². The summed E-state index contributed by atoms with van der Waals surface area (Å²) in [5, 5.41) is 3.54. The van der Waals surface area contributed by atoms with Crippen LogP contribution in [0.25, 0.3) is 0 Å². The zero-order valence-electron chi connectivity index (χ0n) is 8.11. The van der Waals surface area contributed by atoms with E-state index in [-0.39, 0.29) is 0 Å². The second-order valence-electron chi connectivity index (χ2n) is 4.34. The Hall–Kier alpha value is -0.930. The molecule has 0 amide bonds. The fraction of sp³-hybridized carbons (Fsp3) is 0.889. The Morgan fingerprint density at radius 1 is 1.38 bits per heavy atom. The Morgan fingerprint density at radius 2 is 2.15 bits per heavy atom. The van der Waals surface area contributed by atoms with E-state index in [0.29, 0.717) is 12.0 Å². The van der Waals surface area contributed by atoms with Crippen LogP contribution in [-0.2, 0) is 0 Å². The second-order valence-corrected chi connectivity index (χ2v) is 4.34. The zero-order chi connectivity index (χ0) is 9.42. The fourth-order valence-corrected chi connectivity index (χ4v) is 2.95. The third-order valence-corrected chi connectivity index (χ3v) is 3.69. The molecule has 3 atom stereocenters. The molecule has 0 spiro atoms. The molecule has 74 valence electrons. The summed E-state index contributed by atoms with van der Waals surface area (Å²) in [4.78, 5) is 2.05. The summed E-state index contributed by atoms with van der Waals surface area (Å²) in [7, 11) is 2.00. The summed E-state index contributed by atoms with van der Waals surface area (Å²) >= 11 is 0. The van der Waals surface area contributed by atoms with Crippen LogP contribution in [-0.4, -0.2) is 23.9 Å². The Labute approximate surface area is 79.0 Å². The minimum atomic E-state index is 0.470. The van der Waals surface area contributed by atoms with Gasteiger partial charge in [0.05, 0.1) is 0 Å². The number of nitrogens with zero attached hydrogens (tertiary/aromatic N) is 2. The highest BCUT2D eigenvalue weighted by molar-refractivity contribution is 5.77. The van der Waals surface area contributed by atoms with Gasteiger partial charge in [0.25, 0.3) is 0 Å². The first-order chi connectivity index (χ1) is 6.22. The van der Waals surface area contributed by atoms with Gasteiger partial charge in [-0.15, -0.1) is 5.10 Å². The van der Waals surface area contributed by atoms with Crippen LogP contribution < -0.4 is 11.6 Å². The van der Waals surface area contributed by atoms with E-state index in [4.69, 9.17) is 11.6 Å². The molecule has 0 heterocycles. The second kappa shape index (κ2) is 3.09. The van der Waals surface area contributed by atoms with Crippen molar-refractivity contribution in [1.82, 2.24) is 4.90 Å². The number of hydrazone groups is 1. The van der Waals surface area contributed by atoms with Crippen LogP contribution in [0.3, 0.4) is 0 Å². The third-order valence-electron chi connectivity index (χ3n) is 3.69. The minimum Gasteiger partial charge on any atom is -0.368 e. The van der Waals surface area contributed by atoms with Gasteiger partial charge < -0.3 is 16.5 Å². The standard InChI is InChI=1S/C9H18N4/c1-13(9(10)12-11)8-5-6-2-3-7(8)4-6/h6-8H,2-5,11H2,1H3,(H2,10,12). The third kappa shape index (κ3) is 1.34. The summed E-state index contributed by atoms with van der Waals surface area (Å²) in [6.45, 7) is 0. The molecule has 4 nitrogen and oxygen atoms in total. The zero-order valence-corrected chi connectivity index (χ0v) is 8.11. The van der Waals surface area contributed by atoms with Crippen LogP contribution in [0.2, 0.25) is 0 Å². The van der Waals surface area contributed by atoms with Gasteiger partial charge in [-0.2, -0.15) is 0 Å². The molecule has 4 heteroatoms. The van der Waals surface area contributed by atoms with Crippen LogP contribution in [0.5, 0.6) is 0 Å². The molecule has 2 aliphatic rings. The number of hydrogen-bond acceptors (Lipinski definition) is 2. The average molecular weight is 182 g/mol. The maximum Gasteiger partial charge on any atom is 0.213 e. The molecule has 3 unspecified atom stereocenters. The first kappa shape index (κ1) is 8.66. The molecule has 13 heavy (non-hydrogen) atoms. The molecule has 0 aromatic heterocycles. The molecule has 0 saturated heterocycles. The highest BCUT2D eigenvalue weighted by atomic mass is 15.3. The van der Waals surface area contributed by atoms with Crippen molar-refractivity contribution in [3.63, 3.8) is 0 Å². The number of fused-ring (bicyclic) bond motifs is 2. The van der Waals surface area contributed by atoms with Crippen molar-refractivity contribution < 1.29 is 0 Å². The van der Waals surface area contributed by atoms with Gasteiger partial charge in [-0.25, -0.2) is 0 Å². The van der Waals surface area contributed by atoms with E-state index in [9.17, 15) is 0 Å². The molecule has 0 aromatic rings. The van der Waals surface area contributed by atoms with Gasteiger partial charge >= 0.3 is 0 Å². The summed E-state index contributed by atoms with van der Waals surface area (Å²) in [5.41, 5.74) is 5.68. The molecular weight excluding hydrogens is 164 g/mol. The predicted molar refractivity (Wildman–Crippen MR) is 52.8 cm³/mol. The van der Waals surface area contributed by atoms with Gasteiger partial charge in [0.2, 0.25) is 5.96 Å². The fourth-order valence-electron chi connectivity index (χ4n) is 2.95. The molecule has 2 bridgehead atoms. The Balaban J connectivity index is 2.02. The highest BCUT2D eigenvalue weighted by Gasteiger charge is 2.41. The Bertz CT molecular complexity index is 226. The van der Waals surface area contributed by atoms with E-state index in [1.165, 1.54) is 25.7 Å². The van der Waals surface area contributed by atoms with Gasteiger partial charge in [-0.1, -0.05) is 6.42 Å². The van der Waals surface area contributed by atoms with Crippen LogP contribution in [0, 0.1) is 11.8 Å². The van der Waals surface area contributed by atoms with Gasteiger partial charge in [0.15, 0.2) is 0 Å². The lowest BCUT2D eigenvalue weighted by Gasteiger charge is -2.31. The summed E-state index contributed by atoms with van der Waals surface area (Å²) in [5.74, 6) is 7.39. The van der Waals surface area contributed by atoms with E-state index in [2.05, 4.69) is 5.10 Å². The number of guanidine groups is 1. The van der Waals surface area contributed by atoms with Gasteiger partial charge in [-0.3, -0.25) is 0 Å². The topological polar surface area (TPSA) is 67.6 Å². The quantitative estimate of drug-likeness (QED) is 0.265. The van der Waals surface area contributed by atoms with Crippen molar-refractivity contribution in [1.29, 1.82) is 0 Å². The van der Waals surface area contributed by atoms with Gasteiger partial charge in [0, 0.05) is 13.1 Å². The van der Waals surface area contributed by atoms with Crippen molar-refractivity contribution in [3.8, 4) is 0 Å². The molecule has 0 radical (unpaired) electrons. The lowest BCUT2D eigenvalue weighted by molar-refractivity contribution is 0.256. The summed E-state index contributed by atoms with van der Waals surface area (Å²) in [6, 6.07) is 0.589. The molecule has 0 aromatic carbocycles. The molecule has 0 aliphatic heterocycles. The number of rotatable bonds is 1. The predicted octanol–water partition coefficient (Wildman–Crippen LogP) is 0.295. The lowest BCUT2D eigenvalue weighted by atomic mass is 9.94. The molecule has 2 saturated carbocycles. The van der Waals surface area contributed by atoms with Gasteiger partial charge in [0.1, 0.15) is 0 Å². The monoisotopic (exact) mass is 182 g/mol. The normalized spacial score (nSPS) is 38.2. The van der Waals surface area contributed by atoms with E-state index in [1.807, 2.05) is 11.9 Å². The Morgan fingerprint density at radius 3 is 2.62 bits per heavy atom. The maximum atomic E-state index is 5.68. The van der Waals surface area contributed by atoms with Crippen LogP contribution in [0.15, 0.2) is 5.10 Å². The van der Waals surface area contributed by atoms with Crippen molar-refractivity contribution in [2.45, 2.75) is 31.7 Å². The average Bonchev–Trinajstić information content (AvgIpc) is 2.76. The lowest BCUT2D eigenvalue weighted by Crippen LogP contribution is -2.44. The van der Waals surface area contributed by atoms with Crippen molar-refractivity contribution in [2.75, 3.05) is 7.05 Å². The van der Waals surface area contributed by atoms with E-state index in [1.54, 1.807) is 0 Å². The highest BCUT2D eigenvalue weighted by Crippen LogP contribution is 2.46. The van der Waals surface area contributed by atoms with Gasteiger partial charge in [-0.05, 0) is 31.1 Å². The smallest absolute Gasteiger partial charge is 0.213 e. The maximum absolute atomic E-state index is 5.68.